The molecular formula is C16H27N5O2. The molecule has 1 aromatic heterocycles. The molecule has 2 fully saturated rings. The molecule has 0 radical (unpaired) electrons. The predicted octanol–water partition coefficient (Wildman–Crippen LogP) is 1.23. The summed E-state index contributed by atoms with van der Waals surface area (Å²) < 4.78 is 5.26. The van der Waals surface area contributed by atoms with Gasteiger partial charge < -0.3 is 15.2 Å². The van der Waals surface area contributed by atoms with Crippen molar-refractivity contribution in [1.29, 1.82) is 0 Å². The van der Waals surface area contributed by atoms with Gasteiger partial charge in [0.2, 0.25) is 11.8 Å². The first kappa shape index (κ1) is 16.4. The van der Waals surface area contributed by atoms with Crippen LogP contribution in [0.15, 0.2) is 4.52 Å². The molecule has 7 heteroatoms. The van der Waals surface area contributed by atoms with Gasteiger partial charge in [0.15, 0.2) is 5.82 Å². The molecule has 0 bridgehead atoms. The van der Waals surface area contributed by atoms with Crippen molar-refractivity contribution in [3.63, 3.8) is 0 Å². The van der Waals surface area contributed by atoms with Crippen LogP contribution < -0.4 is 10.6 Å². The number of nitrogens with zero attached hydrogens (tertiary/aromatic N) is 3. The number of piperazine rings is 1. The van der Waals surface area contributed by atoms with Crippen LogP contribution in [-0.4, -0.2) is 47.6 Å². The summed E-state index contributed by atoms with van der Waals surface area (Å²) in [7, 11) is 2.06. The minimum Gasteiger partial charge on any atom is -0.347 e. The summed E-state index contributed by atoms with van der Waals surface area (Å²) in [4.78, 5) is 18.5. The lowest BCUT2D eigenvalue weighted by Gasteiger charge is -2.30. The number of hydrogen-bond acceptors (Lipinski definition) is 6. The minimum atomic E-state index is 0.0769. The van der Waals surface area contributed by atoms with Crippen molar-refractivity contribution in [3.05, 3.63) is 11.7 Å². The van der Waals surface area contributed by atoms with E-state index in [2.05, 4.69) is 32.7 Å². The Balaban J connectivity index is 1.42. The first-order valence-corrected chi connectivity index (χ1v) is 8.72. The normalized spacial score (nSPS) is 23.3. The summed E-state index contributed by atoms with van der Waals surface area (Å²) >= 11 is 0. The SMILES string of the molecule is CN1CCNCC1c1noc(CNC(=O)CCC2CCCC2)n1. The van der Waals surface area contributed by atoms with E-state index >= 15 is 0 Å². The number of rotatable bonds is 6. The number of carbonyl (C=O) groups is 1. The lowest BCUT2D eigenvalue weighted by Crippen LogP contribution is -2.44. The molecule has 3 rings (SSSR count). The molecule has 1 saturated carbocycles. The monoisotopic (exact) mass is 321 g/mol. The van der Waals surface area contributed by atoms with E-state index in [1.807, 2.05) is 0 Å². The van der Waals surface area contributed by atoms with Gasteiger partial charge in [-0.05, 0) is 19.4 Å². The van der Waals surface area contributed by atoms with Gasteiger partial charge in [-0.15, -0.1) is 0 Å². The Morgan fingerprint density at radius 1 is 1.43 bits per heavy atom. The second-order valence-corrected chi connectivity index (χ2v) is 6.71. The molecule has 2 aliphatic rings. The van der Waals surface area contributed by atoms with Gasteiger partial charge >= 0.3 is 0 Å². The van der Waals surface area contributed by atoms with Gasteiger partial charge in [-0.2, -0.15) is 4.98 Å². The van der Waals surface area contributed by atoms with Crippen LogP contribution in [0.1, 0.15) is 56.3 Å². The zero-order valence-electron chi connectivity index (χ0n) is 13.9. The van der Waals surface area contributed by atoms with Gasteiger partial charge in [-0.1, -0.05) is 30.8 Å². The Bertz CT molecular complexity index is 512. The highest BCUT2D eigenvalue weighted by atomic mass is 16.5. The molecule has 1 atom stereocenters. The largest absolute Gasteiger partial charge is 0.347 e. The van der Waals surface area contributed by atoms with Crippen LogP contribution in [0.5, 0.6) is 0 Å². The Kier molecular flexibility index (Phi) is 5.61. The Morgan fingerprint density at radius 3 is 3.04 bits per heavy atom. The van der Waals surface area contributed by atoms with E-state index in [4.69, 9.17) is 4.52 Å². The van der Waals surface area contributed by atoms with E-state index in [0.717, 1.165) is 32.0 Å². The molecule has 1 amide bonds. The first-order valence-electron chi connectivity index (χ1n) is 8.72. The number of amides is 1. The van der Waals surface area contributed by atoms with Crippen molar-refractivity contribution in [2.24, 2.45) is 5.92 Å². The third-order valence-electron chi connectivity index (χ3n) is 4.98. The van der Waals surface area contributed by atoms with Crippen molar-refractivity contribution in [2.75, 3.05) is 26.7 Å². The smallest absolute Gasteiger partial charge is 0.246 e. The van der Waals surface area contributed by atoms with E-state index in [-0.39, 0.29) is 11.9 Å². The fourth-order valence-corrected chi connectivity index (χ4v) is 3.47. The van der Waals surface area contributed by atoms with Crippen LogP contribution in [0.2, 0.25) is 0 Å². The van der Waals surface area contributed by atoms with Crippen LogP contribution >= 0.6 is 0 Å². The summed E-state index contributed by atoms with van der Waals surface area (Å²) in [6.07, 6.45) is 6.80. The van der Waals surface area contributed by atoms with Crippen molar-refractivity contribution in [2.45, 2.75) is 51.1 Å². The molecule has 0 aromatic carbocycles. The van der Waals surface area contributed by atoms with Gasteiger partial charge in [0.05, 0.1) is 12.6 Å². The van der Waals surface area contributed by atoms with Crippen molar-refractivity contribution in [1.82, 2.24) is 25.7 Å². The van der Waals surface area contributed by atoms with Crippen LogP contribution in [-0.2, 0) is 11.3 Å². The Hall–Kier alpha value is -1.47. The van der Waals surface area contributed by atoms with Gasteiger partial charge in [0, 0.05) is 26.1 Å². The zero-order chi connectivity index (χ0) is 16.1. The average Bonchev–Trinajstić information content (AvgIpc) is 3.23. The predicted molar refractivity (Wildman–Crippen MR) is 85.6 cm³/mol. The summed E-state index contributed by atoms with van der Waals surface area (Å²) in [6, 6.07) is 0.138. The van der Waals surface area contributed by atoms with Crippen LogP contribution in [0.25, 0.3) is 0 Å². The van der Waals surface area contributed by atoms with Crippen LogP contribution in [0, 0.1) is 5.92 Å². The molecule has 0 spiro atoms. The number of likely N-dealkylation sites (N-methyl/N-ethyl adjacent to an activating group) is 1. The maximum atomic E-state index is 11.9. The van der Waals surface area contributed by atoms with Crippen molar-refractivity contribution < 1.29 is 9.32 Å². The third kappa shape index (κ3) is 4.51. The molecule has 1 aliphatic heterocycles. The van der Waals surface area contributed by atoms with Gasteiger partial charge in [0.1, 0.15) is 0 Å². The van der Waals surface area contributed by atoms with E-state index in [9.17, 15) is 4.79 Å². The second kappa shape index (κ2) is 7.88. The molecule has 1 saturated heterocycles. The second-order valence-electron chi connectivity index (χ2n) is 6.71. The lowest BCUT2D eigenvalue weighted by molar-refractivity contribution is -0.121. The average molecular weight is 321 g/mol. The highest BCUT2D eigenvalue weighted by molar-refractivity contribution is 5.75. The summed E-state index contributed by atoms with van der Waals surface area (Å²) in [6.45, 7) is 3.09. The van der Waals surface area contributed by atoms with Crippen molar-refractivity contribution in [3.8, 4) is 0 Å². The van der Waals surface area contributed by atoms with Gasteiger partial charge in [-0.3, -0.25) is 9.69 Å². The van der Waals surface area contributed by atoms with Gasteiger partial charge in [0.25, 0.3) is 0 Å². The maximum absolute atomic E-state index is 11.9. The molecule has 2 N–H and O–H groups in total. The maximum Gasteiger partial charge on any atom is 0.246 e. The van der Waals surface area contributed by atoms with E-state index in [0.29, 0.717) is 24.7 Å². The Labute approximate surface area is 137 Å². The standard InChI is InChI=1S/C16H27N5O2/c1-21-9-8-17-10-13(21)16-19-15(23-20-16)11-18-14(22)7-6-12-4-2-3-5-12/h12-13,17H,2-11H2,1H3,(H,18,22). The summed E-state index contributed by atoms with van der Waals surface area (Å²) in [5, 5.41) is 10.3. The minimum absolute atomic E-state index is 0.0769. The van der Waals surface area contributed by atoms with Crippen LogP contribution in [0.3, 0.4) is 0 Å². The van der Waals surface area contributed by atoms with E-state index < -0.39 is 0 Å². The topological polar surface area (TPSA) is 83.3 Å². The molecule has 1 aliphatic carbocycles. The fraction of sp³-hybridized carbons (Fsp3) is 0.812. The number of nitrogens with one attached hydrogen (secondary N) is 2. The molecule has 1 unspecified atom stereocenters. The molecule has 1 aromatic rings. The lowest BCUT2D eigenvalue weighted by atomic mass is 10.0. The number of hydrogen-bond donors (Lipinski definition) is 2. The Morgan fingerprint density at radius 2 is 2.26 bits per heavy atom. The number of aromatic nitrogens is 2. The zero-order valence-corrected chi connectivity index (χ0v) is 13.9. The van der Waals surface area contributed by atoms with Crippen LogP contribution in [0.4, 0.5) is 0 Å². The van der Waals surface area contributed by atoms with Crippen molar-refractivity contribution >= 4 is 5.91 Å². The third-order valence-corrected chi connectivity index (χ3v) is 4.98. The highest BCUT2D eigenvalue weighted by Crippen LogP contribution is 2.28. The molecule has 7 nitrogen and oxygen atoms in total. The fourth-order valence-electron chi connectivity index (χ4n) is 3.47. The van der Waals surface area contributed by atoms with E-state index in [1.165, 1.54) is 25.7 Å². The van der Waals surface area contributed by atoms with Gasteiger partial charge in [-0.25, -0.2) is 0 Å². The van der Waals surface area contributed by atoms with E-state index in [1.54, 1.807) is 0 Å². The summed E-state index contributed by atoms with van der Waals surface area (Å²) in [5.41, 5.74) is 0. The first-order chi connectivity index (χ1) is 11.2. The number of carbonyl (C=O) groups excluding carboxylic acids is 1. The quantitative estimate of drug-likeness (QED) is 0.820. The molecular weight excluding hydrogens is 294 g/mol. The molecule has 23 heavy (non-hydrogen) atoms. The molecule has 2 heterocycles. The molecule has 128 valence electrons. The summed E-state index contributed by atoms with van der Waals surface area (Å²) in [5.74, 6) is 1.99. The highest BCUT2D eigenvalue weighted by Gasteiger charge is 2.25.